The quantitative estimate of drug-likeness (QED) is 0.797. The number of hydrogen-bond donors (Lipinski definition) is 2. The van der Waals surface area contributed by atoms with Gasteiger partial charge in [0.25, 0.3) is 0 Å². The lowest BCUT2D eigenvalue weighted by atomic mass is 9.85. The van der Waals surface area contributed by atoms with E-state index in [4.69, 9.17) is 17.3 Å². The molecule has 0 saturated carbocycles. The SMILES string of the molecule is CC(C)C(CNC(CN)c1ccccc1Cl)C(C)C. The lowest BCUT2D eigenvalue weighted by molar-refractivity contribution is 0.266. The molecule has 0 bridgehead atoms. The molecule has 0 saturated heterocycles. The van der Waals surface area contributed by atoms with E-state index in [2.05, 4.69) is 33.0 Å². The molecule has 1 unspecified atom stereocenters. The third-order valence-electron chi connectivity index (χ3n) is 3.83. The molecule has 0 aliphatic heterocycles. The van der Waals surface area contributed by atoms with Gasteiger partial charge in [-0.15, -0.1) is 0 Å². The Labute approximate surface area is 122 Å². The Morgan fingerprint density at radius 2 is 1.68 bits per heavy atom. The van der Waals surface area contributed by atoms with E-state index in [1.807, 2.05) is 24.3 Å². The molecule has 1 aromatic carbocycles. The molecule has 1 aromatic rings. The zero-order chi connectivity index (χ0) is 14.4. The van der Waals surface area contributed by atoms with Gasteiger partial charge in [-0.1, -0.05) is 57.5 Å². The highest BCUT2D eigenvalue weighted by Crippen LogP contribution is 2.24. The number of nitrogens with two attached hydrogens (primary N) is 1. The van der Waals surface area contributed by atoms with Crippen LogP contribution in [-0.2, 0) is 0 Å². The Balaban J connectivity index is 2.70. The van der Waals surface area contributed by atoms with Crippen molar-refractivity contribution in [1.29, 1.82) is 0 Å². The molecule has 19 heavy (non-hydrogen) atoms. The van der Waals surface area contributed by atoms with Gasteiger partial charge in [0, 0.05) is 17.6 Å². The van der Waals surface area contributed by atoms with Crippen molar-refractivity contribution >= 4 is 11.6 Å². The maximum absolute atomic E-state index is 6.24. The Hall–Kier alpha value is -0.570. The van der Waals surface area contributed by atoms with Crippen LogP contribution in [0.3, 0.4) is 0 Å². The maximum Gasteiger partial charge on any atom is 0.0459 e. The molecule has 3 heteroatoms. The normalized spacial score (nSPS) is 13.5. The molecule has 0 amide bonds. The average molecular weight is 283 g/mol. The summed E-state index contributed by atoms with van der Waals surface area (Å²) in [6, 6.07) is 8.06. The van der Waals surface area contributed by atoms with E-state index in [0.29, 0.717) is 24.3 Å². The van der Waals surface area contributed by atoms with Crippen molar-refractivity contribution in [2.24, 2.45) is 23.5 Å². The van der Waals surface area contributed by atoms with Crippen molar-refractivity contribution < 1.29 is 0 Å². The van der Waals surface area contributed by atoms with Crippen LogP contribution in [-0.4, -0.2) is 13.1 Å². The fraction of sp³-hybridized carbons (Fsp3) is 0.625. The van der Waals surface area contributed by atoms with Crippen LogP contribution in [0.4, 0.5) is 0 Å². The standard InChI is InChI=1S/C16H27ClN2/c1-11(2)14(12(3)4)10-19-16(9-18)13-7-5-6-8-15(13)17/h5-8,11-12,14,16,19H,9-10,18H2,1-4H3. The number of halogens is 1. The molecule has 0 aliphatic carbocycles. The lowest BCUT2D eigenvalue weighted by Gasteiger charge is -2.28. The molecular weight excluding hydrogens is 256 g/mol. The molecular formula is C16H27ClN2. The first-order valence-electron chi connectivity index (χ1n) is 7.15. The van der Waals surface area contributed by atoms with Crippen molar-refractivity contribution in [3.05, 3.63) is 34.9 Å². The third-order valence-corrected chi connectivity index (χ3v) is 4.17. The summed E-state index contributed by atoms with van der Waals surface area (Å²) in [4.78, 5) is 0. The highest BCUT2D eigenvalue weighted by molar-refractivity contribution is 6.31. The van der Waals surface area contributed by atoms with Crippen LogP contribution < -0.4 is 11.1 Å². The van der Waals surface area contributed by atoms with Gasteiger partial charge < -0.3 is 11.1 Å². The van der Waals surface area contributed by atoms with Crippen molar-refractivity contribution in [2.75, 3.05) is 13.1 Å². The fourth-order valence-electron chi connectivity index (χ4n) is 2.60. The van der Waals surface area contributed by atoms with Crippen LogP contribution in [0.25, 0.3) is 0 Å². The van der Waals surface area contributed by atoms with E-state index in [9.17, 15) is 0 Å². The predicted molar refractivity (Wildman–Crippen MR) is 84.4 cm³/mol. The van der Waals surface area contributed by atoms with Gasteiger partial charge >= 0.3 is 0 Å². The molecule has 1 atom stereocenters. The molecule has 0 aliphatic rings. The zero-order valence-corrected chi connectivity index (χ0v) is 13.2. The molecule has 0 radical (unpaired) electrons. The monoisotopic (exact) mass is 282 g/mol. The third kappa shape index (κ3) is 4.79. The van der Waals surface area contributed by atoms with Gasteiger partial charge in [0.2, 0.25) is 0 Å². The highest BCUT2D eigenvalue weighted by atomic mass is 35.5. The molecule has 0 fully saturated rings. The number of benzene rings is 1. The van der Waals surface area contributed by atoms with Crippen LogP contribution in [0.2, 0.25) is 5.02 Å². The minimum Gasteiger partial charge on any atom is -0.329 e. The first-order chi connectivity index (χ1) is 8.97. The van der Waals surface area contributed by atoms with Gasteiger partial charge in [0.15, 0.2) is 0 Å². The molecule has 3 N–H and O–H groups in total. The number of rotatable bonds is 7. The summed E-state index contributed by atoms with van der Waals surface area (Å²) >= 11 is 6.24. The second-order valence-electron chi connectivity index (χ2n) is 5.87. The summed E-state index contributed by atoms with van der Waals surface area (Å²) in [6.07, 6.45) is 0. The number of hydrogen-bond acceptors (Lipinski definition) is 2. The second-order valence-corrected chi connectivity index (χ2v) is 6.28. The van der Waals surface area contributed by atoms with E-state index in [1.54, 1.807) is 0 Å². The lowest BCUT2D eigenvalue weighted by Crippen LogP contribution is -2.35. The molecule has 1 rings (SSSR count). The summed E-state index contributed by atoms with van der Waals surface area (Å²) in [5, 5.41) is 4.37. The van der Waals surface area contributed by atoms with Gasteiger partial charge in [-0.25, -0.2) is 0 Å². The summed E-state index contributed by atoms with van der Waals surface area (Å²) in [6.45, 7) is 10.6. The van der Waals surface area contributed by atoms with Crippen LogP contribution in [0.15, 0.2) is 24.3 Å². The average Bonchev–Trinajstić information content (AvgIpc) is 2.35. The minimum atomic E-state index is 0.133. The summed E-state index contributed by atoms with van der Waals surface area (Å²) in [5.74, 6) is 1.98. The van der Waals surface area contributed by atoms with Gasteiger partial charge in [0.05, 0.1) is 0 Å². The highest BCUT2D eigenvalue weighted by Gasteiger charge is 2.20. The molecule has 0 spiro atoms. The van der Waals surface area contributed by atoms with Crippen molar-refractivity contribution in [3.63, 3.8) is 0 Å². The first-order valence-corrected chi connectivity index (χ1v) is 7.53. The predicted octanol–water partition coefficient (Wildman–Crippen LogP) is 3.86. The van der Waals surface area contributed by atoms with Crippen molar-refractivity contribution in [3.8, 4) is 0 Å². The summed E-state index contributed by atoms with van der Waals surface area (Å²) in [5.41, 5.74) is 6.99. The van der Waals surface area contributed by atoms with E-state index < -0.39 is 0 Å². The van der Waals surface area contributed by atoms with E-state index in [-0.39, 0.29) is 6.04 Å². The largest absolute Gasteiger partial charge is 0.329 e. The van der Waals surface area contributed by atoms with Gasteiger partial charge in [-0.3, -0.25) is 0 Å². The summed E-state index contributed by atoms with van der Waals surface area (Å²) < 4.78 is 0. The maximum atomic E-state index is 6.24. The van der Waals surface area contributed by atoms with Crippen LogP contribution >= 0.6 is 11.6 Å². The zero-order valence-electron chi connectivity index (χ0n) is 12.5. The van der Waals surface area contributed by atoms with E-state index >= 15 is 0 Å². The van der Waals surface area contributed by atoms with Crippen molar-refractivity contribution in [2.45, 2.75) is 33.7 Å². The molecule has 0 heterocycles. The molecule has 2 nitrogen and oxygen atoms in total. The van der Waals surface area contributed by atoms with Crippen molar-refractivity contribution in [1.82, 2.24) is 5.32 Å². The Kier molecular flexibility index (Phi) is 6.84. The minimum absolute atomic E-state index is 0.133. The molecule has 0 aromatic heterocycles. The van der Waals surface area contributed by atoms with Gasteiger partial charge in [0.1, 0.15) is 0 Å². The topological polar surface area (TPSA) is 38.0 Å². The van der Waals surface area contributed by atoms with Gasteiger partial charge in [-0.05, 0) is 35.9 Å². The number of nitrogens with one attached hydrogen (secondary N) is 1. The second kappa shape index (κ2) is 7.88. The summed E-state index contributed by atoms with van der Waals surface area (Å²) in [7, 11) is 0. The van der Waals surface area contributed by atoms with Crippen LogP contribution in [0.1, 0.15) is 39.3 Å². The fourth-order valence-corrected chi connectivity index (χ4v) is 2.86. The van der Waals surface area contributed by atoms with Crippen LogP contribution in [0, 0.1) is 17.8 Å². The van der Waals surface area contributed by atoms with E-state index in [0.717, 1.165) is 17.1 Å². The Bertz CT molecular complexity index is 369. The first kappa shape index (κ1) is 16.5. The Morgan fingerprint density at radius 1 is 1.11 bits per heavy atom. The molecule has 108 valence electrons. The van der Waals surface area contributed by atoms with E-state index in [1.165, 1.54) is 0 Å². The smallest absolute Gasteiger partial charge is 0.0459 e. The van der Waals surface area contributed by atoms with Gasteiger partial charge in [-0.2, -0.15) is 0 Å². The Morgan fingerprint density at radius 3 is 2.16 bits per heavy atom. The van der Waals surface area contributed by atoms with Crippen LogP contribution in [0.5, 0.6) is 0 Å².